The summed E-state index contributed by atoms with van der Waals surface area (Å²) in [5.41, 5.74) is 1.26. The summed E-state index contributed by atoms with van der Waals surface area (Å²) in [6.45, 7) is 4.50. The molecule has 1 amide bonds. The fourth-order valence-corrected chi connectivity index (χ4v) is 3.63. The number of amides is 1. The summed E-state index contributed by atoms with van der Waals surface area (Å²) in [6, 6.07) is 11.8. The molecule has 0 unspecified atom stereocenters. The van der Waals surface area contributed by atoms with Gasteiger partial charge < -0.3 is 14.6 Å². The first-order chi connectivity index (χ1) is 15.2. The number of hydrogen-bond acceptors (Lipinski definition) is 7. The monoisotopic (exact) mass is 475 g/mol. The molecule has 3 rings (SSSR count). The fourth-order valence-electron chi connectivity index (χ4n) is 2.73. The molecule has 11 heteroatoms. The van der Waals surface area contributed by atoms with E-state index in [0.29, 0.717) is 16.9 Å². The highest BCUT2D eigenvalue weighted by atomic mass is 35.5. The van der Waals surface area contributed by atoms with Gasteiger partial charge in [-0.15, -0.1) is 10.2 Å². The van der Waals surface area contributed by atoms with E-state index in [2.05, 4.69) is 29.4 Å². The number of rotatable bonds is 9. The summed E-state index contributed by atoms with van der Waals surface area (Å²) in [6.07, 6.45) is 0. The molecule has 1 heterocycles. The van der Waals surface area contributed by atoms with Crippen LogP contribution in [0.15, 0.2) is 47.6 Å². The SMILES string of the molecule is CC(C)c1ccc(OCc2nnc(SCC(=O)Nc3cc([N+](=O)[O-])ccc3Cl)n2C)cc1. The molecule has 0 fully saturated rings. The lowest BCUT2D eigenvalue weighted by Crippen LogP contribution is -2.15. The van der Waals surface area contributed by atoms with E-state index >= 15 is 0 Å². The number of anilines is 1. The van der Waals surface area contributed by atoms with Gasteiger partial charge in [0.1, 0.15) is 12.4 Å². The van der Waals surface area contributed by atoms with Gasteiger partial charge in [-0.1, -0.05) is 49.3 Å². The fraction of sp³-hybridized carbons (Fsp3) is 0.286. The third kappa shape index (κ3) is 5.98. The van der Waals surface area contributed by atoms with Crippen molar-refractivity contribution in [1.82, 2.24) is 14.8 Å². The largest absolute Gasteiger partial charge is 0.486 e. The van der Waals surface area contributed by atoms with E-state index in [1.165, 1.54) is 35.5 Å². The lowest BCUT2D eigenvalue weighted by Gasteiger charge is -2.09. The highest BCUT2D eigenvalue weighted by Gasteiger charge is 2.15. The molecule has 0 radical (unpaired) electrons. The Morgan fingerprint density at radius 3 is 2.62 bits per heavy atom. The molecule has 0 saturated heterocycles. The van der Waals surface area contributed by atoms with Crippen LogP contribution < -0.4 is 10.1 Å². The minimum Gasteiger partial charge on any atom is -0.486 e. The van der Waals surface area contributed by atoms with E-state index in [0.717, 1.165) is 5.75 Å². The number of aromatic nitrogens is 3. The molecule has 3 aromatic rings. The van der Waals surface area contributed by atoms with Crippen LogP contribution in [-0.2, 0) is 18.4 Å². The average molecular weight is 476 g/mol. The maximum Gasteiger partial charge on any atom is 0.271 e. The van der Waals surface area contributed by atoms with Crippen molar-refractivity contribution in [3.63, 3.8) is 0 Å². The zero-order valence-electron chi connectivity index (χ0n) is 17.7. The molecule has 2 aromatic carbocycles. The van der Waals surface area contributed by atoms with E-state index in [1.807, 2.05) is 24.3 Å². The van der Waals surface area contributed by atoms with Crippen molar-refractivity contribution >= 4 is 40.6 Å². The van der Waals surface area contributed by atoms with Crippen molar-refractivity contribution in [3.05, 3.63) is 69.0 Å². The molecule has 0 bridgehead atoms. The van der Waals surface area contributed by atoms with Gasteiger partial charge in [0.05, 0.1) is 21.4 Å². The van der Waals surface area contributed by atoms with Crippen LogP contribution in [0, 0.1) is 10.1 Å². The number of hydrogen-bond donors (Lipinski definition) is 1. The molecule has 168 valence electrons. The zero-order chi connectivity index (χ0) is 23.3. The van der Waals surface area contributed by atoms with Gasteiger partial charge in [-0.2, -0.15) is 0 Å². The van der Waals surface area contributed by atoms with Gasteiger partial charge in [-0.05, 0) is 29.7 Å². The van der Waals surface area contributed by atoms with E-state index < -0.39 is 4.92 Å². The Morgan fingerprint density at radius 2 is 1.97 bits per heavy atom. The van der Waals surface area contributed by atoms with Crippen LogP contribution in [0.2, 0.25) is 5.02 Å². The number of nitro groups is 1. The summed E-state index contributed by atoms with van der Waals surface area (Å²) in [4.78, 5) is 22.6. The second kappa shape index (κ2) is 10.5. The molecule has 0 aliphatic carbocycles. The summed E-state index contributed by atoms with van der Waals surface area (Å²) in [5.74, 6) is 1.46. The molecule has 32 heavy (non-hydrogen) atoms. The zero-order valence-corrected chi connectivity index (χ0v) is 19.3. The Labute approximate surface area is 194 Å². The van der Waals surface area contributed by atoms with E-state index in [-0.39, 0.29) is 34.7 Å². The number of nitrogens with zero attached hydrogens (tertiary/aromatic N) is 4. The second-order valence-corrected chi connectivity index (χ2v) is 8.58. The van der Waals surface area contributed by atoms with Crippen LogP contribution in [0.3, 0.4) is 0 Å². The van der Waals surface area contributed by atoms with Crippen molar-refractivity contribution in [2.45, 2.75) is 31.5 Å². The van der Waals surface area contributed by atoms with Gasteiger partial charge in [0.15, 0.2) is 11.0 Å². The van der Waals surface area contributed by atoms with Gasteiger partial charge in [-0.25, -0.2) is 0 Å². The number of ether oxygens (including phenoxy) is 1. The summed E-state index contributed by atoms with van der Waals surface area (Å²) in [7, 11) is 1.79. The molecular weight excluding hydrogens is 454 g/mol. The summed E-state index contributed by atoms with van der Waals surface area (Å²) < 4.78 is 7.54. The lowest BCUT2D eigenvalue weighted by molar-refractivity contribution is -0.384. The van der Waals surface area contributed by atoms with Crippen LogP contribution in [0.1, 0.15) is 31.2 Å². The number of nitrogens with one attached hydrogen (secondary N) is 1. The van der Waals surface area contributed by atoms with Crippen LogP contribution >= 0.6 is 23.4 Å². The van der Waals surface area contributed by atoms with Crippen molar-refractivity contribution < 1.29 is 14.5 Å². The Kier molecular flexibility index (Phi) is 7.70. The van der Waals surface area contributed by atoms with E-state index in [1.54, 1.807) is 11.6 Å². The summed E-state index contributed by atoms with van der Waals surface area (Å²) in [5, 5.41) is 22.5. The molecule has 0 saturated carbocycles. The minimum absolute atomic E-state index is 0.0303. The topological polar surface area (TPSA) is 112 Å². The van der Waals surface area contributed by atoms with Crippen LogP contribution in [0.25, 0.3) is 0 Å². The molecule has 0 spiro atoms. The third-order valence-electron chi connectivity index (χ3n) is 4.61. The average Bonchev–Trinajstić information content (AvgIpc) is 3.11. The molecule has 1 N–H and O–H groups in total. The number of non-ortho nitro benzene ring substituents is 1. The molecule has 1 aromatic heterocycles. The van der Waals surface area contributed by atoms with Gasteiger partial charge in [0.2, 0.25) is 5.91 Å². The lowest BCUT2D eigenvalue weighted by atomic mass is 10.0. The standard InChI is InChI=1S/C21H22ClN5O4S/c1-13(2)14-4-7-16(8-5-14)31-11-19-24-25-21(26(19)3)32-12-20(28)23-18-10-15(27(29)30)6-9-17(18)22/h4-10,13H,11-12H2,1-3H3,(H,23,28). The number of carbonyl (C=O) groups excluding carboxylic acids is 1. The van der Waals surface area contributed by atoms with Crippen LogP contribution in [0.5, 0.6) is 5.75 Å². The maximum absolute atomic E-state index is 12.3. The molecule has 0 atom stereocenters. The number of carbonyl (C=O) groups is 1. The number of nitro benzene ring substituents is 1. The van der Waals surface area contributed by atoms with E-state index in [9.17, 15) is 14.9 Å². The first-order valence-electron chi connectivity index (χ1n) is 9.72. The van der Waals surface area contributed by atoms with Crippen molar-refractivity contribution in [3.8, 4) is 5.75 Å². The molecular formula is C21H22ClN5O4S. The second-order valence-electron chi connectivity index (χ2n) is 7.23. The Balaban J connectivity index is 1.55. The van der Waals surface area contributed by atoms with Crippen LogP contribution in [0.4, 0.5) is 11.4 Å². The van der Waals surface area contributed by atoms with Gasteiger partial charge in [-0.3, -0.25) is 14.9 Å². The minimum atomic E-state index is -0.553. The predicted octanol–water partition coefficient (Wildman–Crippen LogP) is 4.81. The molecule has 0 aliphatic heterocycles. The summed E-state index contributed by atoms with van der Waals surface area (Å²) >= 11 is 7.20. The van der Waals surface area contributed by atoms with Gasteiger partial charge in [0.25, 0.3) is 5.69 Å². The van der Waals surface area contributed by atoms with E-state index in [4.69, 9.17) is 16.3 Å². The predicted molar refractivity (Wildman–Crippen MR) is 123 cm³/mol. The van der Waals surface area contributed by atoms with Crippen molar-refractivity contribution in [1.29, 1.82) is 0 Å². The Bertz CT molecular complexity index is 1120. The van der Waals surface area contributed by atoms with Gasteiger partial charge >= 0.3 is 0 Å². The van der Waals surface area contributed by atoms with Gasteiger partial charge in [0, 0.05) is 19.2 Å². The smallest absolute Gasteiger partial charge is 0.271 e. The molecule has 9 nitrogen and oxygen atoms in total. The number of halogens is 1. The first-order valence-corrected chi connectivity index (χ1v) is 11.1. The Hall–Kier alpha value is -3.11. The third-order valence-corrected chi connectivity index (χ3v) is 5.96. The van der Waals surface area contributed by atoms with Crippen molar-refractivity contribution in [2.24, 2.45) is 7.05 Å². The Morgan fingerprint density at radius 1 is 1.25 bits per heavy atom. The molecule has 0 aliphatic rings. The highest BCUT2D eigenvalue weighted by molar-refractivity contribution is 7.99. The quantitative estimate of drug-likeness (QED) is 0.268. The van der Waals surface area contributed by atoms with Crippen molar-refractivity contribution in [2.75, 3.05) is 11.1 Å². The number of thioether (sulfide) groups is 1. The van der Waals surface area contributed by atoms with Crippen LogP contribution in [-0.4, -0.2) is 31.3 Å². The maximum atomic E-state index is 12.3. The first kappa shape index (κ1) is 23.6. The number of benzene rings is 2. The highest BCUT2D eigenvalue weighted by Crippen LogP contribution is 2.27. The normalized spacial score (nSPS) is 10.9.